The van der Waals surface area contributed by atoms with Crippen LogP contribution in [0.5, 0.6) is 0 Å². The zero-order chi connectivity index (χ0) is 64.3. The Labute approximate surface area is 555 Å². The smallest absolute Gasteiger partial charge is 0.164 e. The SMILES string of the molecule is N#Cc1cccc(-c2ccc(-c3c(-c4ccc(-c5nc(-c6ccccc6)nc(-c6ccccc6)n5)cc4)ccc4ccc(-c5ccc(-c6nc(-c7ccccc7)nc(-c7ccc(-c8ccc9ccccc9c8-c8ccc(-c9ccccc9C#N)cc8)cc7)n6)cc5)cc34)cc2)c1. The summed E-state index contributed by atoms with van der Waals surface area (Å²) in [5, 5.41) is 24.1. The first kappa shape index (κ1) is 57.7. The van der Waals surface area contributed by atoms with E-state index in [2.05, 4.69) is 200 Å². The highest BCUT2D eigenvalue weighted by Gasteiger charge is 2.20. The first-order valence-electron chi connectivity index (χ1n) is 31.8. The second-order valence-corrected chi connectivity index (χ2v) is 23.6. The summed E-state index contributed by atoms with van der Waals surface area (Å²) in [6, 6.07) is 117. The van der Waals surface area contributed by atoms with Crippen molar-refractivity contribution in [1.82, 2.24) is 29.9 Å². The maximum Gasteiger partial charge on any atom is 0.164 e. The third kappa shape index (κ3) is 11.4. The van der Waals surface area contributed by atoms with Crippen molar-refractivity contribution in [2.24, 2.45) is 0 Å². The van der Waals surface area contributed by atoms with E-state index in [4.69, 9.17) is 29.9 Å². The molecule has 0 saturated heterocycles. The highest BCUT2D eigenvalue weighted by Crippen LogP contribution is 2.43. The molecule has 0 bridgehead atoms. The molecule has 2 aromatic heterocycles. The van der Waals surface area contributed by atoms with Gasteiger partial charge in [0.05, 0.1) is 23.3 Å². The molecule has 14 aromatic carbocycles. The van der Waals surface area contributed by atoms with E-state index >= 15 is 0 Å². The van der Waals surface area contributed by atoms with E-state index < -0.39 is 0 Å². The average molecular weight is 1220 g/mol. The highest BCUT2D eigenvalue weighted by molar-refractivity contribution is 6.07. The van der Waals surface area contributed by atoms with Gasteiger partial charge in [-0.2, -0.15) is 10.5 Å². The Kier molecular flexibility index (Phi) is 15.2. The predicted octanol–water partition coefficient (Wildman–Crippen LogP) is 21.8. The van der Waals surface area contributed by atoms with Gasteiger partial charge in [0.1, 0.15) is 0 Å². The van der Waals surface area contributed by atoms with Gasteiger partial charge in [0.25, 0.3) is 0 Å². The van der Waals surface area contributed by atoms with Gasteiger partial charge in [-0.1, -0.05) is 303 Å². The van der Waals surface area contributed by atoms with Gasteiger partial charge in [-0.05, 0) is 124 Å². The van der Waals surface area contributed by atoms with Gasteiger partial charge in [0.15, 0.2) is 34.9 Å². The molecule has 446 valence electrons. The molecule has 0 amide bonds. The Bertz CT molecular complexity index is 5610. The third-order valence-electron chi connectivity index (χ3n) is 17.7. The molecular weight excluding hydrogens is 1170 g/mol. The first-order chi connectivity index (χ1) is 47.4. The van der Waals surface area contributed by atoms with Crippen molar-refractivity contribution < 1.29 is 0 Å². The highest BCUT2D eigenvalue weighted by atomic mass is 15.0. The van der Waals surface area contributed by atoms with Gasteiger partial charge >= 0.3 is 0 Å². The molecule has 16 aromatic rings. The minimum atomic E-state index is 0.565. The fraction of sp³-hybridized carbons (Fsp3) is 0. The number of hydrogen-bond donors (Lipinski definition) is 0. The summed E-state index contributed by atoms with van der Waals surface area (Å²) in [5.41, 5.74) is 21.2. The van der Waals surface area contributed by atoms with Crippen molar-refractivity contribution in [3.8, 4) is 158 Å². The summed E-state index contributed by atoms with van der Waals surface area (Å²) >= 11 is 0. The van der Waals surface area contributed by atoms with E-state index in [1.165, 1.54) is 0 Å². The Balaban J connectivity index is 0.748. The lowest BCUT2D eigenvalue weighted by Gasteiger charge is -2.17. The van der Waals surface area contributed by atoms with Crippen LogP contribution in [0.4, 0.5) is 0 Å². The molecule has 0 aliphatic heterocycles. The predicted molar refractivity (Wildman–Crippen MR) is 388 cm³/mol. The average Bonchev–Trinajstić information content (AvgIpc) is 0.893. The largest absolute Gasteiger partial charge is 0.208 e. The molecule has 0 aliphatic carbocycles. The van der Waals surface area contributed by atoms with Crippen LogP contribution in [0, 0.1) is 22.7 Å². The van der Waals surface area contributed by atoms with E-state index in [0.717, 1.165) is 133 Å². The van der Waals surface area contributed by atoms with Gasteiger partial charge in [-0.3, -0.25) is 0 Å². The summed E-state index contributed by atoms with van der Waals surface area (Å²) in [4.78, 5) is 30.4. The molecule has 0 saturated carbocycles. The molecule has 0 N–H and O–H groups in total. The number of aromatic nitrogens is 6. The Morgan fingerprint density at radius 2 is 0.521 bits per heavy atom. The third-order valence-corrected chi connectivity index (χ3v) is 17.7. The number of nitriles is 2. The minimum absolute atomic E-state index is 0.565. The minimum Gasteiger partial charge on any atom is -0.208 e. The van der Waals surface area contributed by atoms with Crippen LogP contribution in [0.15, 0.2) is 328 Å². The summed E-state index contributed by atoms with van der Waals surface area (Å²) in [6.45, 7) is 0. The van der Waals surface area contributed by atoms with Crippen molar-refractivity contribution in [1.29, 1.82) is 10.5 Å². The number of benzene rings is 14. The maximum absolute atomic E-state index is 9.88. The van der Waals surface area contributed by atoms with Crippen LogP contribution in [-0.2, 0) is 0 Å². The quantitative estimate of drug-likeness (QED) is 0.112. The molecule has 0 atom stereocenters. The number of rotatable bonds is 13. The van der Waals surface area contributed by atoms with Crippen LogP contribution in [0.3, 0.4) is 0 Å². The lowest BCUT2D eigenvalue weighted by atomic mass is 9.87. The van der Waals surface area contributed by atoms with E-state index in [-0.39, 0.29) is 0 Å². The van der Waals surface area contributed by atoms with Crippen molar-refractivity contribution in [2.75, 3.05) is 0 Å². The lowest BCUT2D eigenvalue weighted by Crippen LogP contribution is -2.00. The van der Waals surface area contributed by atoms with Gasteiger partial charge in [0, 0.05) is 33.4 Å². The zero-order valence-electron chi connectivity index (χ0n) is 51.8. The van der Waals surface area contributed by atoms with E-state index in [9.17, 15) is 10.5 Å². The number of nitrogens with zero attached hydrogens (tertiary/aromatic N) is 8. The summed E-state index contributed by atoms with van der Waals surface area (Å²) in [6.07, 6.45) is 0. The Morgan fingerprint density at radius 1 is 0.198 bits per heavy atom. The topological polar surface area (TPSA) is 125 Å². The fourth-order valence-corrected chi connectivity index (χ4v) is 12.8. The van der Waals surface area contributed by atoms with Gasteiger partial charge in [0.2, 0.25) is 0 Å². The van der Waals surface area contributed by atoms with Crippen molar-refractivity contribution >= 4 is 21.5 Å². The molecular formula is C88H54N8. The fourth-order valence-electron chi connectivity index (χ4n) is 12.8. The van der Waals surface area contributed by atoms with Gasteiger partial charge in [-0.15, -0.1) is 0 Å². The molecule has 0 radical (unpaired) electrons. The van der Waals surface area contributed by atoms with E-state index in [0.29, 0.717) is 46.1 Å². The molecule has 16 rings (SSSR count). The molecule has 0 unspecified atom stereocenters. The monoisotopic (exact) mass is 1220 g/mol. The summed E-state index contributed by atoms with van der Waals surface area (Å²) in [5.74, 6) is 3.52. The van der Waals surface area contributed by atoms with Crippen molar-refractivity contribution in [2.45, 2.75) is 0 Å². The molecule has 96 heavy (non-hydrogen) atoms. The van der Waals surface area contributed by atoms with Gasteiger partial charge < -0.3 is 0 Å². The summed E-state index contributed by atoms with van der Waals surface area (Å²) in [7, 11) is 0. The van der Waals surface area contributed by atoms with Crippen LogP contribution in [0.1, 0.15) is 11.1 Å². The van der Waals surface area contributed by atoms with Crippen LogP contribution in [0.2, 0.25) is 0 Å². The van der Waals surface area contributed by atoms with E-state index in [1.54, 1.807) is 0 Å². The maximum atomic E-state index is 9.88. The number of hydrogen-bond acceptors (Lipinski definition) is 8. The second-order valence-electron chi connectivity index (χ2n) is 23.6. The standard InChI is InChI=1S/C88H54N8/c89-55-57-15-14-24-73(53-57)58-27-38-66(39-28-58)82-79(63-35-46-71(47-36-63)87-92-83(67-17-4-1-5-18-67)91-84(93-87)68-19-6-2-7-20-68)52-50-64-37-48-74(54-80(64)82)59-29-42-70(43-30-59)86-94-85(69-21-8-3-9-22-69)95-88(96-86)72-44-33-62(34-45-72)78-51-49-60-16-10-13-26-77(60)81(78)65-40-31-61(32-41-65)76-25-12-11-23-75(76)56-90/h1-54H. The van der Waals surface area contributed by atoms with Gasteiger partial charge in [-0.25, -0.2) is 29.9 Å². The van der Waals surface area contributed by atoms with Crippen LogP contribution >= 0.6 is 0 Å². The molecule has 0 fully saturated rings. The zero-order valence-corrected chi connectivity index (χ0v) is 51.8. The summed E-state index contributed by atoms with van der Waals surface area (Å²) < 4.78 is 0. The molecule has 8 nitrogen and oxygen atoms in total. The molecule has 0 aliphatic rings. The lowest BCUT2D eigenvalue weighted by molar-refractivity contribution is 1.07. The molecule has 2 heterocycles. The Morgan fingerprint density at radius 3 is 0.979 bits per heavy atom. The van der Waals surface area contributed by atoms with Crippen molar-refractivity contribution in [3.63, 3.8) is 0 Å². The second kappa shape index (κ2) is 25.4. The van der Waals surface area contributed by atoms with Crippen LogP contribution in [-0.4, -0.2) is 29.9 Å². The first-order valence-corrected chi connectivity index (χ1v) is 31.8. The Hall–Kier alpha value is -13.4. The van der Waals surface area contributed by atoms with Crippen LogP contribution < -0.4 is 0 Å². The molecule has 0 spiro atoms. The van der Waals surface area contributed by atoms with Crippen molar-refractivity contribution in [3.05, 3.63) is 339 Å². The molecule has 8 heteroatoms. The normalized spacial score (nSPS) is 11.1. The van der Waals surface area contributed by atoms with Crippen LogP contribution in [0.25, 0.3) is 168 Å². The number of fused-ring (bicyclic) bond motifs is 2. The van der Waals surface area contributed by atoms with E-state index in [1.807, 2.05) is 140 Å².